The fourth-order valence-electron chi connectivity index (χ4n) is 3.35. The second-order valence-corrected chi connectivity index (χ2v) is 6.51. The van der Waals surface area contributed by atoms with Crippen LogP contribution in [0.1, 0.15) is 16.7 Å². The van der Waals surface area contributed by atoms with Gasteiger partial charge in [0.1, 0.15) is 7.05 Å². The first kappa shape index (κ1) is 14.8. The first-order valence-corrected chi connectivity index (χ1v) is 8.16. The highest BCUT2D eigenvalue weighted by molar-refractivity contribution is 6.05. The van der Waals surface area contributed by atoms with Gasteiger partial charge in [-0.1, -0.05) is 12.1 Å². The Labute approximate surface area is 141 Å². The molecular weight excluding hydrogens is 294 g/mol. The van der Waals surface area contributed by atoms with Crippen LogP contribution in [0.5, 0.6) is 0 Å². The van der Waals surface area contributed by atoms with Crippen LogP contribution in [0.2, 0.25) is 0 Å². The molecule has 0 N–H and O–H groups in total. The van der Waals surface area contributed by atoms with Crippen molar-refractivity contribution in [3.63, 3.8) is 0 Å². The summed E-state index contributed by atoms with van der Waals surface area (Å²) in [5.41, 5.74) is 8.23. The Hall–Kier alpha value is -2.81. The number of hydrogen-bond acceptors (Lipinski definition) is 2. The standard InChI is InChI=1S/C21H20N3/c1-13-10-20(24(4)12-15(13)3)17-11-18-16(9-14(17)2)5-6-19-21(18)23-8-7-22-19/h5-12H,1-4H3/q+1. The molecule has 3 heteroatoms. The third-order valence-electron chi connectivity index (χ3n) is 4.82. The topological polar surface area (TPSA) is 29.7 Å². The van der Waals surface area contributed by atoms with Gasteiger partial charge < -0.3 is 0 Å². The molecule has 0 unspecified atom stereocenters. The minimum Gasteiger partial charge on any atom is -0.253 e. The van der Waals surface area contributed by atoms with E-state index in [1.54, 1.807) is 12.4 Å². The van der Waals surface area contributed by atoms with E-state index in [0.717, 1.165) is 16.4 Å². The molecule has 2 heterocycles. The molecule has 0 aliphatic rings. The van der Waals surface area contributed by atoms with Gasteiger partial charge in [-0.3, -0.25) is 9.97 Å². The second-order valence-electron chi connectivity index (χ2n) is 6.51. The van der Waals surface area contributed by atoms with Crippen LogP contribution in [-0.2, 0) is 7.05 Å². The fourth-order valence-corrected chi connectivity index (χ4v) is 3.35. The number of rotatable bonds is 1. The van der Waals surface area contributed by atoms with Crippen LogP contribution >= 0.6 is 0 Å². The van der Waals surface area contributed by atoms with Gasteiger partial charge >= 0.3 is 0 Å². The van der Waals surface area contributed by atoms with E-state index in [1.807, 2.05) is 6.07 Å². The van der Waals surface area contributed by atoms with Gasteiger partial charge in [0.05, 0.1) is 11.0 Å². The average molecular weight is 314 g/mol. The zero-order chi connectivity index (χ0) is 16.8. The molecule has 4 rings (SSSR count). The quantitative estimate of drug-likeness (QED) is 0.389. The highest BCUT2D eigenvalue weighted by Crippen LogP contribution is 2.30. The van der Waals surface area contributed by atoms with E-state index in [-0.39, 0.29) is 0 Å². The fraction of sp³-hybridized carbons (Fsp3) is 0.190. The van der Waals surface area contributed by atoms with Crippen LogP contribution in [0, 0.1) is 20.8 Å². The zero-order valence-electron chi connectivity index (χ0n) is 14.5. The Bertz CT molecular complexity index is 1100. The third kappa shape index (κ3) is 2.24. The van der Waals surface area contributed by atoms with Gasteiger partial charge in [0.25, 0.3) is 0 Å². The van der Waals surface area contributed by atoms with E-state index < -0.39 is 0 Å². The number of fused-ring (bicyclic) bond motifs is 3. The molecule has 0 fully saturated rings. The molecule has 0 bridgehead atoms. The van der Waals surface area contributed by atoms with Gasteiger partial charge in [0, 0.05) is 35.0 Å². The van der Waals surface area contributed by atoms with Crippen LogP contribution in [0.4, 0.5) is 0 Å². The van der Waals surface area contributed by atoms with Crippen molar-refractivity contribution in [3.8, 4) is 11.3 Å². The monoisotopic (exact) mass is 314 g/mol. The van der Waals surface area contributed by atoms with Crippen LogP contribution < -0.4 is 4.57 Å². The maximum Gasteiger partial charge on any atom is 0.212 e. The molecular formula is C21H20N3+. The first-order chi connectivity index (χ1) is 11.5. The number of nitrogens with zero attached hydrogens (tertiary/aromatic N) is 3. The molecule has 0 aliphatic heterocycles. The first-order valence-electron chi connectivity index (χ1n) is 8.16. The van der Waals surface area contributed by atoms with Crippen molar-refractivity contribution in [2.75, 3.05) is 0 Å². The summed E-state index contributed by atoms with van der Waals surface area (Å²) < 4.78 is 2.20. The van der Waals surface area contributed by atoms with Gasteiger partial charge in [-0.05, 0) is 49.4 Å². The summed E-state index contributed by atoms with van der Waals surface area (Å²) in [4.78, 5) is 8.99. The van der Waals surface area contributed by atoms with Crippen LogP contribution in [-0.4, -0.2) is 9.97 Å². The lowest BCUT2D eigenvalue weighted by atomic mass is 9.97. The molecule has 0 spiro atoms. The zero-order valence-corrected chi connectivity index (χ0v) is 14.5. The lowest BCUT2D eigenvalue weighted by molar-refractivity contribution is -0.660. The van der Waals surface area contributed by atoms with E-state index in [1.165, 1.54) is 33.3 Å². The van der Waals surface area contributed by atoms with E-state index in [2.05, 4.69) is 72.8 Å². The maximum atomic E-state index is 4.56. The molecule has 0 atom stereocenters. The summed E-state index contributed by atoms with van der Waals surface area (Å²) in [5, 5.41) is 2.36. The Kier molecular flexibility index (Phi) is 3.31. The summed E-state index contributed by atoms with van der Waals surface area (Å²) in [6.45, 7) is 6.48. The lowest BCUT2D eigenvalue weighted by Gasteiger charge is -2.10. The van der Waals surface area contributed by atoms with Crippen molar-refractivity contribution in [2.24, 2.45) is 7.05 Å². The van der Waals surface area contributed by atoms with Crippen molar-refractivity contribution in [3.05, 3.63) is 65.6 Å². The van der Waals surface area contributed by atoms with Crippen molar-refractivity contribution in [2.45, 2.75) is 20.8 Å². The Balaban J connectivity index is 2.08. The van der Waals surface area contributed by atoms with Crippen molar-refractivity contribution in [1.29, 1.82) is 0 Å². The smallest absolute Gasteiger partial charge is 0.212 e. The Morgan fingerprint density at radius 3 is 2.46 bits per heavy atom. The minimum absolute atomic E-state index is 0.935. The molecule has 0 aliphatic carbocycles. The van der Waals surface area contributed by atoms with E-state index in [0.29, 0.717) is 0 Å². The summed E-state index contributed by atoms with van der Waals surface area (Å²) in [7, 11) is 2.11. The number of pyridine rings is 1. The van der Waals surface area contributed by atoms with Crippen molar-refractivity contribution >= 4 is 21.8 Å². The SMILES string of the molecule is Cc1cc(-c2cc3c(ccc4nccnc43)cc2C)[n+](C)cc1C. The van der Waals surface area contributed by atoms with Crippen molar-refractivity contribution in [1.82, 2.24) is 9.97 Å². The Morgan fingerprint density at radius 2 is 1.62 bits per heavy atom. The predicted molar refractivity (Wildman–Crippen MR) is 97.9 cm³/mol. The average Bonchev–Trinajstić information content (AvgIpc) is 2.57. The molecule has 3 nitrogen and oxygen atoms in total. The normalized spacial score (nSPS) is 11.3. The summed E-state index contributed by atoms with van der Waals surface area (Å²) >= 11 is 0. The molecule has 24 heavy (non-hydrogen) atoms. The van der Waals surface area contributed by atoms with Crippen LogP contribution in [0.15, 0.2) is 48.9 Å². The number of benzene rings is 2. The highest BCUT2D eigenvalue weighted by atomic mass is 14.9. The number of hydrogen-bond donors (Lipinski definition) is 0. The number of aromatic nitrogens is 3. The van der Waals surface area contributed by atoms with E-state index in [9.17, 15) is 0 Å². The molecule has 118 valence electrons. The largest absolute Gasteiger partial charge is 0.253 e. The second kappa shape index (κ2) is 5.38. The number of aryl methyl sites for hydroxylation is 4. The molecule has 0 saturated heterocycles. The van der Waals surface area contributed by atoms with Gasteiger partial charge in [-0.15, -0.1) is 0 Å². The van der Waals surface area contributed by atoms with Crippen LogP contribution in [0.3, 0.4) is 0 Å². The highest BCUT2D eigenvalue weighted by Gasteiger charge is 2.16. The van der Waals surface area contributed by atoms with Gasteiger partial charge in [-0.2, -0.15) is 0 Å². The summed E-state index contributed by atoms with van der Waals surface area (Å²) in [5.74, 6) is 0. The molecule has 2 aromatic heterocycles. The lowest BCUT2D eigenvalue weighted by Crippen LogP contribution is -2.31. The third-order valence-corrected chi connectivity index (χ3v) is 4.82. The molecule has 0 saturated carbocycles. The van der Waals surface area contributed by atoms with Crippen molar-refractivity contribution < 1.29 is 4.57 Å². The van der Waals surface area contributed by atoms with E-state index in [4.69, 9.17) is 0 Å². The molecule has 0 radical (unpaired) electrons. The summed E-state index contributed by atoms with van der Waals surface area (Å²) in [6, 6.07) is 10.9. The van der Waals surface area contributed by atoms with Gasteiger partial charge in [0.2, 0.25) is 5.69 Å². The predicted octanol–water partition coefficient (Wildman–Crippen LogP) is 4.20. The molecule has 4 aromatic rings. The van der Waals surface area contributed by atoms with Gasteiger partial charge in [0.15, 0.2) is 6.20 Å². The van der Waals surface area contributed by atoms with Gasteiger partial charge in [-0.25, -0.2) is 4.57 Å². The summed E-state index contributed by atoms with van der Waals surface area (Å²) in [6.07, 6.45) is 5.70. The molecule has 0 amide bonds. The Morgan fingerprint density at radius 1 is 0.833 bits per heavy atom. The van der Waals surface area contributed by atoms with Crippen LogP contribution in [0.25, 0.3) is 33.1 Å². The molecule has 2 aromatic carbocycles. The minimum atomic E-state index is 0.935. The maximum absolute atomic E-state index is 4.56. The van der Waals surface area contributed by atoms with E-state index >= 15 is 0 Å².